The Kier molecular flexibility index (Phi) is 6.13. The molecular formula is C27H24BrN3OS. The number of aromatic nitrogens is 1. The fraction of sp³-hybridized carbons (Fsp3) is 0.185. The van der Waals surface area contributed by atoms with Gasteiger partial charge in [-0.2, -0.15) is 5.10 Å². The first-order chi connectivity index (χ1) is 16.0. The van der Waals surface area contributed by atoms with Gasteiger partial charge in [0.05, 0.1) is 17.5 Å². The summed E-state index contributed by atoms with van der Waals surface area (Å²) in [5.41, 5.74) is 6.48. The van der Waals surface area contributed by atoms with Gasteiger partial charge in [0.15, 0.2) is 0 Å². The van der Waals surface area contributed by atoms with Crippen molar-refractivity contribution < 1.29 is 4.79 Å². The Labute approximate surface area is 206 Å². The number of aryl methyl sites for hydroxylation is 2. The zero-order chi connectivity index (χ0) is 22.9. The first kappa shape index (κ1) is 22.0. The highest BCUT2D eigenvalue weighted by Crippen LogP contribution is 2.36. The van der Waals surface area contributed by atoms with Crippen molar-refractivity contribution in [1.82, 2.24) is 9.99 Å². The molecule has 6 heteroatoms. The van der Waals surface area contributed by atoms with Crippen molar-refractivity contribution >= 4 is 50.2 Å². The largest absolute Gasteiger partial charge is 0.358 e. The van der Waals surface area contributed by atoms with Crippen LogP contribution in [0.3, 0.4) is 0 Å². The number of nitrogens with one attached hydrogen (secondary N) is 1. The molecule has 0 spiro atoms. The summed E-state index contributed by atoms with van der Waals surface area (Å²) in [5, 5.41) is 7.67. The Morgan fingerprint density at radius 2 is 1.79 bits per heavy atom. The number of nitrogens with zero attached hydrogens (tertiary/aromatic N) is 2. The molecule has 1 amide bonds. The number of hydrazone groups is 1. The summed E-state index contributed by atoms with van der Waals surface area (Å²) in [7, 11) is 0. The normalized spacial score (nSPS) is 15.8. The third-order valence-electron chi connectivity index (χ3n) is 5.98. The number of fused-ring (bicyclic) bond motifs is 1. The molecule has 1 unspecified atom stereocenters. The maximum atomic E-state index is 13.4. The van der Waals surface area contributed by atoms with Gasteiger partial charge >= 0.3 is 0 Å². The molecule has 1 aliphatic rings. The smallest absolute Gasteiger partial charge is 0.253 e. The number of rotatable bonds is 5. The minimum Gasteiger partial charge on any atom is -0.358 e. The number of benzene rings is 3. The number of carbonyl (C=O) groups is 1. The van der Waals surface area contributed by atoms with Crippen molar-refractivity contribution in [1.29, 1.82) is 0 Å². The number of aromatic amines is 1. The lowest BCUT2D eigenvalue weighted by Gasteiger charge is -2.22. The van der Waals surface area contributed by atoms with Crippen molar-refractivity contribution in [3.8, 4) is 0 Å². The van der Waals surface area contributed by atoms with Crippen LogP contribution in [-0.4, -0.2) is 27.4 Å². The van der Waals surface area contributed by atoms with E-state index in [1.807, 2.05) is 36.4 Å². The van der Waals surface area contributed by atoms with Crippen LogP contribution in [0.25, 0.3) is 10.9 Å². The lowest BCUT2D eigenvalue weighted by Crippen LogP contribution is -2.28. The molecule has 1 N–H and O–H groups in total. The van der Waals surface area contributed by atoms with Gasteiger partial charge in [0.2, 0.25) is 0 Å². The fourth-order valence-corrected chi connectivity index (χ4v) is 5.51. The van der Waals surface area contributed by atoms with E-state index in [9.17, 15) is 4.79 Å². The fourth-order valence-electron chi connectivity index (χ4n) is 4.24. The molecule has 33 heavy (non-hydrogen) atoms. The Hall–Kier alpha value is -2.83. The third kappa shape index (κ3) is 4.50. The van der Waals surface area contributed by atoms with E-state index in [-0.39, 0.29) is 11.9 Å². The van der Waals surface area contributed by atoms with Gasteiger partial charge in [0.1, 0.15) is 0 Å². The zero-order valence-electron chi connectivity index (χ0n) is 18.5. The average Bonchev–Trinajstić information content (AvgIpc) is 3.40. The molecule has 0 fully saturated rings. The maximum absolute atomic E-state index is 13.4. The Balaban J connectivity index is 1.42. The van der Waals surface area contributed by atoms with Crippen LogP contribution in [0.2, 0.25) is 0 Å². The van der Waals surface area contributed by atoms with Crippen LogP contribution in [0.15, 0.2) is 87.3 Å². The monoisotopic (exact) mass is 517 g/mol. The Morgan fingerprint density at radius 3 is 2.55 bits per heavy atom. The van der Waals surface area contributed by atoms with E-state index in [0.717, 1.165) is 42.8 Å². The number of thioether (sulfide) groups is 1. The van der Waals surface area contributed by atoms with Gasteiger partial charge in [0.25, 0.3) is 5.91 Å². The van der Waals surface area contributed by atoms with Crippen LogP contribution >= 0.6 is 27.7 Å². The highest BCUT2D eigenvalue weighted by atomic mass is 79.9. The van der Waals surface area contributed by atoms with E-state index < -0.39 is 0 Å². The van der Waals surface area contributed by atoms with E-state index in [1.54, 1.807) is 16.8 Å². The van der Waals surface area contributed by atoms with Crippen LogP contribution in [0.4, 0.5) is 0 Å². The lowest BCUT2D eigenvalue weighted by atomic mass is 9.98. The Bertz CT molecular complexity index is 1340. The molecule has 4 nitrogen and oxygen atoms in total. The van der Waals surface area contributed by atoms with Gasteiger partial charge in [-0.25, -0.2) is 5.01 Å². The highest BCUT2D eigenvalue weighted by molar-refractivity contribution is 9.10. The number of carbonyl (C=O) groups excluding carboxylic acids is 1. The summed E-state index contributed by atoms with van der Waals surface area (Å²) in [6.45, 7) is 4.13. The second kappa shape index (κ2) is 9.20. The second-order valence-corrected chi connectivity index (χ2v) is 10.2. The van der Waals surface area contributed by atoms with Gasteiger partial charge < -0.3 is 4.98 Å². The van der Waals surface area contributed by atoms with Crippen LogP contribution in [-0.2, 0) is 4.79 Å². The molecule has 0 saturated heterocycles. The molecule has 0 aliphatic carbocycles. The molecule has 2 heterocycles. The summed E-state index contributed by atoms with van der Waals surface area (Å²) in [6, 6.07) is 24.7. The SMILES string of the molecule is Cc1ccc(C2CC(c3ccc(Br)cc3)=NN2C(=O)CSc2c(C)[nH]c3ccccc23)cc1. The number of hydrogen-bond acceptors (Lipinski definition) is 3. The number of halogens is 1. The summed E-state index contributed by atoms with van der Waals surface area (Å²) in [6.07, 6.45) is 0.702. The molecule has 0 bridgehead atoms. The van der Waals surface area contributed by atoms with Crippen molar-refractivity contribution in [2.24, 2.45) is 5.10 Å². The number of H-pyrrole nitrogens is 1. The van der Waals surface area contributed by atoms with E-state index in [1.165, 1.54) is 5.56 Å². The number of para-hydroxylation sites is 1. The quantitative estimate of drug-likeness (QED) is 0.289. The van der Waals surface area contributed by atoms with Crippen LogP contribution in [0.5, 0.6) is 0 Å². The first-order valence-electron chi connectivity index (χ1n) is 10.9. The second-order valence-electron chi connectivity index (χ2n) is 8.34. The summed E-state index contributed by atoms with van der Waals surface area (Å²) in [5.74, 6) is 0.352. The average molecular weight is 518 g/mol. The topological polar surface area (TPSA) is 48.5 Å². The molecular weight excluding hydrogens is 494 g/mol. The number of hydrogen-bond donors (Lipinski definition) is 1. The van der Waals surface area contributed by atoms with Gasteiger partial charge in [-0.1, -0.05) is 76.1 Å². The summed E-state index contributed by atoms with van der Waals surface area (Å²) >= 11 is 5.08. The molecule has 1 aliphatic heterocycles. The minimum absolute atomic E-state index is 0.0161. The van der Waals surface area contributed by atoms with Gasteiger partial charge in [-0.15, -0.1) is 11.8 Å². The molecule has 1 atom stereocenters. The molecule has 166 valence electrons. The molecule has 0 radical (unpaired) electrons. The van der Waals surface area contributed by atoms with E-state index in [4.69, 9.17) is 5.10 Å². The zero-order valence-corrected chi connectivity index (χ0v) is 20.9. The van der Waals surface area contributed by atoms with Crippen molar-refractivity contribution in [3.05, 3.63) is 99.7 Å². The van der Waals surface area contributed by atoms with Gasteiger partial charge in [-0.3, -0.25) is 4.79 Å². The van der Waals surface area contributed by atoms with Crippen molar-refractivity contribution in [2.75, 3.05) is 5.75 Å². The van der Waals surface area contributed by atoms with Crippen molar-refractivity contribution in [3.63, 3.8) is 0 Å². The lowest BCUT2D eigenvalue weighted by molar-refractivity contribution is -0.130. The van der Waals surface area contributed by atoms with E-state index in [2.05, 4.69) is 71.2 Å². The van der Waals surface area contributed by atoms with E-state index in [0.29, 0.717) is 12.2 Å². The van der Waals surface area contributed by atoms with Gasteiger partial charge in [0, 0.05) is 32.4 Å². The predicted octanol–water partition coefficient (Wildman–Crippen LogP) is 7.02. The van der Waals surface area contributed by atoms with Gasteiger partial charge in [-0.05, 0) is 43.2 Å². The Morgan fingerprint density at radius 1 is 1.06 bits per heavy atom. The minimum atomic E-state index is -0.0959. The standard InChI is InChI=1S/C27H24BrN3OS/c1-17-7-9-20(10-8-17)25-15-24(19-11-13-21(28)14-12-19)30-31(25)26(32)16-33-27-18(2)29-23-6-4-3-5-22(23)27/h3-14,25,29H,15-16H2,1-2H3. The predicted molar refractivity (Wildman–Crippen MR) is 140 cm³/mol. The molecule has 4 aromatic rings. The maximum Gasteiger partial charge on any atom is 0.253 e. The summed E-state index contributed by atoms with van der Waals surface area (Å²) < 4.78 is 1.03. The van der Waals surface area contributed by atoms with Crippen LogP contribution in [0.1, 0.15) is 34.8 Å². The molecule has 5 rings (SSSR count). The van der Waals surface area contributed by atoms with Crippen molar-refractivity contribution in [2.45, 2.75) is 31.2 Å². The van der Waals surface area contributed by atoms with E-state index >= 15 is 0 Å². The first-order valence-corrected chi connectivity index (χ1v) is 12.7. The third-order valence-corrected chi connectivity index (χ3v) is 7.71. The molecule has 0 saturated carbocycles. The summed E-state index contributed by atoms with van der Waals surface area (Å²) in [4.78, 5) is 18.0. The van der Waals surface area contributed by atoms with Crippen LogP contribution < -0.4 is 0 Å². The molecule has 3 aromatic carbocycles. The molecule has 1 aromatic heterocycles. The highest BCUT2D eigenvalue weighted by Gasteiger charge is 2.33. The number of amides is 1. The van der Waals surface area contributed by atoms with Crippen LogP contribution in [0, 0.1) is 13.8 Å².